The fraction of sp³-hybridized carbons (Fsp3) is 0.190. The second-order valence-corrected chi connectivity index (χ2v) is 12.4. The van der Waals surface area contributed by atoms with Crippen LogP contribution < -0.4 is 14.9 Å². The number of aromatic nitrogens is 1. The van der Waals surface area contributed by atoms with Gasteiger partial charge < -0.3 is 0 Å². The van der Waals surface area contributed by atoms with Crippen molar-refractivity contribution in [2.45, 2.75) is 29.8 Å². The molecule has 1 aliphatic rings. The van der Waals surface area contributed by atoms with Crippen LogP contribution in [0.25, 0.3) is 11.3 Å². The van der Waals surface area contributed by atoms with Crippen LogP contribution in [0.1, 0.15) is 5.56 Å². The van der Waals surface area contributed by atoms with E-state index < -0.39 is 8.07 Å². The van der Waals surface area contributed by atoms with Crippen molar-refractivity contribution in [2.75, 3.05) is 0 Å². The smallest absolute Gasteiger partial charge is 0.201 e. The molecule has 1 nitrogen and oxygen atoms in total. The molecule has 0 saturated heterocycles. The minimum Gasteiger partial charge on any atom is -0.201 e. The molecule has 3 heteroatoms. The first-order valence-electron chi connectivity index (χ1n) is 8.36. The maximum atomic E-state index is 2.48. The Bertz CT molecular complexity index is 946. The van der Waals surface area contributed by atoms with Crippen LogP contribution in [0.5, 0.6) is 0 Å². The van der Waals surface area contributed by atoms with Gasteiger partial charge in [0.2, 0.25) is 5.69 Å². The Kier molecular flexibility index (Phi) is 3.66. The SMILES string of the molecule is Cc1ccc2c(c1-c1cccc[n+]1C)Sc1ccccc1[Si]2(C)C. The van der Waals surface area contributed by atoms with E-state index in [1.165, 1.54) is 26.6 Å². The highest BCUT2D eigenvalue weighted by Gasteiger charge is 2.37. The van der Waals surface area contributed by atoms with Crippen LogP contribution in [0.15, 0.2) is 70.6 Å². The summed E-state index contributed by atoms with van der Waals surface area (Å²) in [5.41, 5.74) is 4.05. The maximum Gasteiger partial charge on any atom is 0.213 e. The zero-order valence-electron chi connectivity index (χ0n) is 14.6. The van der Waals surface area contributed by atoms with Gasteiger partial charge in [-0.2, -0.15) is 0 Å². The number of pyridine rings is 1. The lowest BCUT2D eigenvalue weighted by atomic mass is 10.0. The maximum absolute atomic E-state index is 2.48. The Labute approximate surface area is 149 Å². The Morgan fingerprint density at radius 1 is 0.875 bits per heavy atom. The van der Waals surface area contributed by atoms with Gasteiger partial charge in [-0.25, -0.2) is 4.57 Å². The lowest BCUT2D eigenvalue weighted by Crippen LogP contribution is -2.56. The molecule has 120 valence electrons. The van der Waals surface area contributed by atoms with Crippen LogP contribution in [0.4, 0.5) is 0 Å². The van der Waals surface area contributed by atoms with Crippen LogP contribution in [0.3, 0.4) is 0 Å². The molecule has 0 amide bonds. The predicted molar refractivity (Wildman–Crippen MR) is 105 cm³/mol. The van der Waals surface area contributed by atoms with Crippen LogP contribution in [-0.2, 0) is 7.05 Å². The lowest BCUT2D eigenvalue weighted by molar-refractivity contribution is -0.660. The van der Waals surface area contributed by atoms with Gasteiger partial charge in [-0.05, 0) is 35.0 Å². The molecule has 2 heterocycles. The van der Waals surface area contributed by atoms with E-state index in [4.69, 9.17) is 0 Å². The third-order valence-corrected chi connectivity index (χ3v) is 10.2. The molecule has 3 aromatic rings. The van der Waals surface area contributed by atoms with Crippen molar-refractivity contribution in [1.82, 2.24) is 0 Å². The van der Waals surface area contributed by atoms with Crippen LogP contribution >= 0.6 is 11.8 Å². The molecule has 0 atom stereocenters. The van der Waals surface area contributed by atoms with Gasteiger partial charge in [0.1, 0.15) is 15.1 Å². The third-order valence-electron chi connectivity index (χ3n) is 5.12. The predicted octanol–water partition coefficient (Wildman–Crippen LogP) is 3.77. The zero-order chi connectivity index (χ0) is 16.9. The second-order valence-electron chi connectivity index (χ2n) is 7.05. The standard InChI is InChI=1S/C21H22NSSi/c1-15-12-13-19-21(20(15)16-9-7-8-14-22(16)2)23-17-10-5-6-11-18(17)24(19,3)4/h5-14H,1-4H3/q+1. The van der Waals surface area contributed by atoms with Crippen molar-refractivity contribution >= 4 is 30.2 Å². The Hall–Kier alpha value is -1.84. The molecule has 4 rings (SSSR count). The fourth-order valence-electron chi connectivity index (χ4n) is 3.71. The van der Waals surface area contributed by atoms with E-state index in [1.54, 1.807) is 10.4 Å². The van der Waals surface area contributed by atoms with E-state index in [9.17, 15) is 0 Å². The Morgan fingerprint density at radius 3 is 2.42 bits per heavy atom. The van der Waals surface area contributed by atoms with Crippen molar-refractivity contribution in [3.63, 3.8) is 0 Å². The molecule has 0 N–H and O–H groups in total. The van der Waals surface area contributed by atoms with Crippen LogP contribution in [0.2, 0.25) is 13.1 Å². The van der Waals surface area contributed by atoms with Gasteiger partial charge in [0.05, 0.1) is 5.56 Å². The molecule has 0 fully saturated rings. The molecule has 2 aromatic carbocycles. The highest BCUT2D eigenvalue weighted by Crippen LogP contribution is 2.39. The number of aryl methyl sites for hydroxylation is 2. The van der Waals surface area contributed by atoms with Crippen molar-refractivity contribution in [1.29, 1.82) is 0 Å². The summed E-state index contributed by atoms with van der Waals surface area (Å²) in [5, 5.41) is 3.13. The van der Waals surface area contributed by atoms with Crippen molar-refractivity contribution in [2.24, 2.45) is 7.05 Å². The number of fused-ring (bicyclic) bond motifs is 2. The van der Waals surface area contributed by atoms with Crippen molar-refractivity contribution in [3.05, 3.63) is 66.4 Å². The van der Waals surface area contributed by atoms with Gasteiger partial charge >= 0.3 is 0 Å². The summed E-state index contributed by atoms with van der Waals surface area (Å²) in [6, 6.07) is 20.1. The number of rotatable bonds is 1. The highest BCUT2D eigenvalue weighted by atomic mass is 32.2. The van der Waals surface area contributed by atoms with Crippen molar-refractivity contribution in [3.8, 4) is 11.3 Å². The fourth-order valence-corrected chi connectivity index (χ4v) is 9.33. The summed E-state index contributed by atoms with van der Waals surface area (Å²) in [5.74, 6) is 0. The first-order valence-corrected chi connectivity index (χ1v) is 12.2. The number of nitrogens with zero attached hydrogens (tertiary/aromatic N) is 1. The molecule has 0 unspecified atom stereocenters. The summed E-state index contributed by atoms with van der Waals surface area (Å²) in [6.45, 7) is 7.20. The van der Waals surface area contributed by atoms with E-state index >= 15 is 0 Å². The summed E-state index contributed by atoms with van der Waals surface area (Å²) in [4.78, 5) is 2.90. The average Bonchev–Trinajstić information content (AvgIpc) is 2.56. The first-order chi connectivity index (χ1) is 11.5. The van der Waals surface area contributed by atoms with Gasteiger partial charge in [0, 0.05) is 21.9 Å². The monoisotopic (exact) mass is 348 g/mol. The molecule has 1 aliphatic heterocycles. The first kappa shape index (κ1) is 15.7. The molecule has 0 bridgehead atoms. The van der Waals surface area contributed by atoms with Gasteiger partial charge in [0.25, 0.3) is 0 Å². The molecular formula is C21H22NSSi+. The summed E-state index contributed by atoms with van der Waals surface area (Å²) in [6.07, 6.45) is 2.14. The molecule has 0 saturated carbocycles. The van der Waals surface area contributed by atoms with Gasteiger partial charge in [-0.3, -0.25) is 0 Å². The van der Waals surface area contributed by atoms with Gasteiger partial charge in [0.15, 0.2) is 6.20 Å². The molecule has 0 radical (unpaired) electrons. The minimum atomic E-state index is -1.67. The number of hydrogen-bond donors (Lipinski definition) is 0. The van der Waals surface area contributed by atoms with Gasteiger partial charge in [-0.15, -0.1) is 0 Å². The minimum absolute atomic E-state index is 1.29. The van der Waals surface area contributed by atoms with E-state index in [2.05, 4.69) is 92.4 Å². The summed E-state index contributed by atoms with van der Waals surface area (Å²) in [7, 11) is 0.471. The molecular weight excluding hydrogens is 326 g/mol. The Morgan fingerprint density at radius 2 is 1.62 bits per heavy atom. The number of hydrogen-bond acceptors (Lipinski definition) is 1. The topological polar surface area (TPSA) is 3.88 Å². The van der Waals surface area contributed by atoms with Crippen LogP contribution in [-0.4, -0.2) is 8.07 Å². The summed E-state index contributed by atoms with van der Waals surface area (Å²) >= 11 is 1.95. The molecule has 1 aromatic heterocycles. The van der Waals surface area contributed by atoms with Gasteiger partial charge in [-0.1, -0.05) is 55.2 Å². The molecule has 0 spiro atoms. The van der Waals surface area contributed by atoms with E-state index in [0.29, 0.717) is 0 Å². The normalized spacial score (nSPS) is 14.8. The summed E-state index contributed by atoms with van der Waals surface area (Å²) < 4.78 is 2.23. The largest absolute Gasteiger partial charge is 0.213 e. The van der Waals surface area contributed by atoms with E-state index in [0.717, 1.165) is 0 Å². The third kappa shape index (κ3) is 2.26. The van der Waals surface area contributed by atoms with Crippen LogP contribution in [0, 0.1) is 6.92 Å². The number of benzene rings is 2. The molecule has 0 aliphatic carbocycles. The lowest BCUT2D eigenvalue weighted by Gasteiger charge is -2.34. The molecule has 24 heavy (non-hydrogen) atoms. The van der Waals surface area contributed by atoms with Crippen molar-refractivity contribution < 1.29 is 4.57 Å². The zero-order valence-corrected chi connectivity index (χ0v) is 16.4. The van der Waals surface area contributed by atoms with E-state index in [1.807, 2.05) is 11.8 Å². The van der Waals surface area contributed by atoms with E-state index in [-0.39, 0.29) is 0 Å². The highest BCUT2D eigenvalue weighted by molar-refractivity contribution is 8.00. The quantitative estimate of drug-likeness (QED) is 0.478. The second kappa shape index (κ2) is 5.61. The average molecular weight is 349 g/mol. The Balaban J connectivity index is 2.03.